The molecule has 0 aliphatic rings. The quantitative estimate of drug-likeness (QED) is 0.723. The standard InChI is InChI=1S/C15H21N5O2/c1-4-7-17-14-13(16)15(19-9-18-14)20-11-6-5-10(21-2)8-12(11)22-3/h5-6,8-9H,4,7,16H2,1-3H3,(H2,17,18,19,20). The molecule has 0 radical (unpaired) electrons. The number of nitrogen functional groups attached to an aromatic ring is 1. The summed E-state index contributed by atoms with van der Waals surface area (Å²) in [5, 5.41) is 6.33. The number of methoxy groups -OCH3 is 2. The van der Waals surface area contributed by atoms with Crippen LogP contribution in [-0.4, -0.2) is 30.7 Å². The SMILES string of the molecule is CCCNc1ncnc(Nc2ccc(OC)cc2OC)c1N. The minimum atomic E-state index is 0.467. The zero-order valence-corrected chi connectivity index (χ0v) is 13.0. The number of rotatable bonds is 7. The molecular formula is C15H21N5O2. The number of aromatic nitrogens is 2. The molecule has 2 aromatic rings. The van der Waals surface area contributed by atoms with Crippen molar-refractivity contribution in [3.05, 3.63) is 24.5 Å². The maximum Gasteiger partial charge on any atom is 0.159 e. The molecule has 0 unspecified atom stereocenters. The van der Waals surface area contributed by atoms with Crippen molar-refractivity contribution in [3.63, 3.8) is 0 Å². The first kappa shape index (κ1) is 15.7. The van der Waals surface area contributed by atoms with Gasteiger partial charge in [-0.25, -0.2) is 9.97 Å². The molecule has 0 spiro atoms. The van der Waals surface area contributed by atoms with Gasteiger partial charge < -0.3 is 25.8 Å². The Morgan fingerprint density at radius 1 is 1.14 bits per heavy atom. The normalized spacial score (nSPS) is 10.1. The highest BCUT2D eigenvalue weighted by Gasteiger charge is 2.11. The lowest BCUT2D eigenvalue weighted by Gasteiger charge is -2.14. The number of hydrogen-bond donors (Lipinski definition) is 3. The average Bonchev–Trinajstić information content (AvgIpc) is 2.56. The number of ether oxygens (including phenoxy) is 2. The first-order chi connectivity index (χ1) is 10.7. The van der Waals surface area contributed by atoms with Crippen molar-refractivity contribution in [2.45, 2.75) is 13.3 Å². The summed E-state index contributed by atoms with van der Waals surface area (Å²) in [7, 11) is 3.20. The summed E-state index contributed by atoms with van der Waals surface area (Å²) in [5.74, 6) is 2.49. The fourth-order valence-electron chi connectivity index (χ4n) is 1.91. The van der Waals surface area contributed by atoms with Gasteiger partial charge in [0, 0.05) is 12.6 Å². The van der Waals surface area contributed by atoms with Crippen LogP contribution in [0.2, 0.25) is 0 Å². The molecule has 0 atom stereocenters. The third kappa shape index (κ3) is 3.49. The maximum absolute atomic E-state index is 6.10. The Bertz CT molecular complexity index is 633. The molecule has 0 saturated heterocycles. The van der Waals surface area contributed by atoms with E-state index in [0.717, 1.165) is 18.7 Å². The Morgan fingerprint density at radius 2 is 1.91 bits per heavy atom. The van der Waals surface area contributed by atoms with Gasteiger partial charge in [0.1, 0.15) is 23.5 Å². The largest absolute Gasteiger partial charge is 0.497 e. The van der Waals surface area contributed by atoms with Crippen LogP contribution in [0, 0.1) is 0 Å². The van der Waals surface area contributed by atoms with Gasteiger partial charge in [0.05, 0.1) is 19.9 Å². The van der Waals surface area contributed by atoms with E-state index < -0.39 is 0 Å². The second-order valence-electron chi connectivity index (χ2n) is 4.60. The molecule has 22 heavy (non-hydrogen) atoms. The number of benzene rings is 1. The van der Waals surface area contributed by atoms with Gasteiger partial charge in [0.15, 0.2) is 11.6 Å². The third-order valence-electron chi connectivity index (χ3n) is 3.09. The van der Waals surface area contributed by atoms with Crippen LogP contribution < -0.4 is 25.8 Å². The molecule has 0 aliphatic heterocycles. The predicted octanol–water partition coefficient (Wildman–Crippen LogP) is 2.64. The molecule has 0 fully saturated rings. The van der Waals surface area contributed by atoms with Gasteiger partial charge >= 0.3 is 0 Å². The smallest absolute Gasteiger partial charge is 0.159 e. The van der Waals surface area contributed by atoms with E-state index in [0.29, 0.717) is 28.8 Å². The number of anilines is 4. The van der Waals surface area contributed by atoms with Crippen LogP contribution in [0.4, 0.5) is 23.0 Å². The van der Waals surface area contributed by atoms with E-state index in [1.54, 1.807) is 20.3 Å². The van der Waals surface area contributed by atoms with E-state index in [9.17, 15) is 0 Å². The van der Waals surface area contributed by atoms with E-state index in [2.05, 4.69) is 27.5 Å². The first-order valence-electron chi connectivity index (χ1n) is 7.03. The van der Waals surface area contributed by atoms with Crippen molar-refractivity contribution >= 4 is 23.0 Å². The summed E-state index contributed by atoms with van der Waals surface area (Å²) in [5.41, 5.74) is 7.32. The van der Waals surface area contributed by atoms with Crippen molar-refractivity contribution < 1.29 is 9.47 Å². The fourth-order valence-corrected chi connectivity index (χ4v) is 1.91. The van der Waals surface area contributed by atoms with Gasteiger partial charge in [-0.1, -0.05) is 6.92 Å². The molecule has 7 heteroatoms. The molecule has 1 aromatic carbocycles. The Kier molecular flexibility index (Phi) is 5.24. The minimum absolute atomic E-state index is 0.467. The number of nitrogens with one attached hydrogen (secondary N) is 2. The van der Waals surface area contributed by atoms with Gasteiger partial charge in [-0.3, -0.25) is 0 Å². The van der Waals surface area contributed by atoms with E-state index >= 15 is 0 Å². The Labute approximate surface area is 129 Å². The lowest BCUT2D eigenvalue weighted by Crippen LogP contribution is -2.08. The lowest BCUT2D eigenvalue weighted by atomic mass is 10.2. The molecule has 0 saturated carbocycles. The molecule has 4 N–H and O–H groups in total. The topological polar surface area (TPSA) is 94.3 Å². The van der Waals surface area contributed by atoms with Crippen LogP contribution >= 0.6 is 0 Å². The second-order valence-corrected chi connectivity index (χ2v) is 4.60. The summed E-state index contributed by atoms with van der Waals surface area (Å²) in [4.78, 5) is 8.34. The Balaban J connectivity index is 2.27. The molecule has 1 heterocycles. The molecular weight excluding hydrogens is 282 g/mol. The zero-order chi connectivity index (χ0) is 15.9. The van der Waals surface area contributed by atoms with E-state index in [-0.39, 0.29) is 0 Å². The van der Waals surface area contributed by atoms with Gasteiger partial charge in [0.25, 0.3) is 0 Å². The Hall–Kier alpha value is -2.70. The average molecular weight is 303 g/mol. The van der Waals surface area contributed by atoms with Crippen molar-refractivity contribution in [1.29, 1.82) is 0 Å². The summed E-state index contributed by atoms with van der Waals surface area (Å²) >= 11 is 0. The van der Waals surface area contributed by atoms with Gasteiger partial charge in [0.2, 0.25) is 0 Å². The second kappa shape index (κ2) is 7.35. The molecule has 7 nitrogen and oxygen atoms in total. The van der Waals surface area contributed by atoms with E-state index in [4.69, 9.17) is 15.2 Å². The zero-order valence-electron chi connectivity index (χ0n) is 13.0. The van der Waals surface area contributed by atoms with Crippen LogP contribution in [0.25, 0.3) is 0 Å². The van der Waals surface area contributed by atoms with Crippen LogP contribution in [0.3, 0.4) is 0 Å². The summed E-state index contributed by atoms with van der Waals surface area (Å²) < 4.78 is 10.5. The molecule has 0 bridgehead atoms. The lowest BCUT2D eigenvalue weighted by molar-refractivity contribution is 0.395. The Morgan fingerprint density at radius 3 is 2.59 bits per heavy atom. The number of nitrogens with two attached hydrogens (primary N) is 1. The summed E-state index contributed by atoms with van der Waals surface area (Å²) in [6.07, 6.45) is 2.45. The van der Waals surface area contributed by atoms with Crippen LogP contribution in [0.15, 0.2) is 24.5 Å². The number of nitrogens with zero attached hydrogens (tertiary/aromatic N) is 2. The van der Waals surface area contributed by atoms with Crippen LogP contribution in [0.1, 0.15) is 13.3 Å². The maximum atomic E-state index is 6.10. The van der Waals surface area contributed by atoms with E-state index in [1.807, 2.05) is 12.1 Å². The van der Waals surface area contributed by atoms with Gasteiger partial charge in [-0.05, 0) is 18.6 Å². The van der Waals surface area contributed by atoms with Crippen molar-refractivity contribution in [2.24, 2.45) is 0 Å². The molecule has 0 amide bonds. The first-order valence-corrected chi connectivity index (χ1v) is 7.03. The van der Waals surface area contributed by atoms with Crippen molar-refractivity contribution in [1.82, 2.24) is 9.97 Å². The van der Waals surface area contributed by atoms with E-state index in [1.165, 1.54) is 6.33 Å². The summed E-state index contributed by atoms with van der Waals surface area (Å²) in [6, 6.07) is 5.47. The van der Waals surface area contributed by atoms with Crippen LogP contribution in [-0.2, 0) is 0 Å². The highest BCUT2D eigenvalue weighted by molar-refractivity contribution is 5.79. The molecule has 1 aromatic heterocycles. The van der Waals surface area contributed by atoms with Gasteiger partial charge in [-0.15, -0.1) is 0 Å². The summed E-state index contributed by atoms with van der Waals surface area (Å²) in [6.45, 7) is 2.87. The van der Waals surface area contributed by atoms with Crippen molar-refractivity contribution in [2.75, 3.05) is 37.1 Å². The minimum Gasteiger partial charge on any atom is -0.497 e. The van der Waals surface area contributed by atoms with Gasteiger partial charge in [-0.2, -0.15) is 0 Å². The molecule has 0 aliphatic carbocycles. The highest BCUT2D eigenvalue weighted by Crippen LogP contribution is 2.33. The fraction of sp³-hybridized carbons (Fsp3) is 0.333. The monoisotopic (exact) mass is 303 g/mol. The van der Waals surface area contributed by atoms with Crippen LogP contribution in [0.5, 0.6) is 11.5 Å². The predicted molar refractivity (Wildman–Crippen MR) is 88.1 cm³/mol. The highest BCUT2D eigenvalue weighted by atomic mass is 16.5. The molecule has 118 valence electrons. The third-order valence-corrected chi connectivity index (χ3v) is 3.09. The number of hydrogen-bond acceptors (Lipinski definition) is 7. The molecule has 2 rings (SSSR count). The van der Waals surface area contributed by atoms with Crippen molar-refractivity contribution in [3.8, 4) is 11.5 Å².